The van der Waals surface area contributed by atoms with Gasteiger partial charge < -0.3 is 20.5 Å². The maximum Gasteiger partial charge on any atom is 0.251 e. The summed E-state index contributed by atoms with van der Waals surface area (Å²) >= 11 is 0. The minimum atomic E-state index is -0.881. The minimum Gasteiger partial charge on any atom is -0.507 e. The number of phenols is 1. The molecule has 0 saturated heterocycles. The third-order valence-corrected chi connectivity index (χ3v) is 7.29. The maximum absolute atomic E-state index is 13.5. The summed E-state index contributed by atoms with van der Waals surface area (Å²) in [6.07, 6.45) is 0.673. The van der Waals surface area contributed by atoms with Crippen molar-refractivity contribution in [3.05, 3.63) is 88.5 Å². The lowest BCUT2D eigenvalue weighted by Crippen LogP contribution is -2.37. The summed E-state index contributed by atoms with van der Waals surface area (Å²) in [7, 11) is 1.58. The van der Waals surface area contributed by atoms with Crippen LogP contribution in [0.4, 0.5) is 5.69 Å². The topological polar surface area (TPSA) is 87.7 Å². The summed E-state index contributed by atoms with van der Waals surface area (Å²) in [4.78, 5) is 26.7. The van der Waals surface area contributed by atoms with E-state index in [1.54, 1.807) is 31.4 Å². The molecule has 2 amide bonds. The van der Waals surface area contributed by atoms with Crippen molar-refractivity contribution in [2.45, 2.75) is 91.0 Å². The number of benzene rings is 3. The molecule has 6 heteroatoms. The average Bonchev–Trinajstić information content (AvgIpc) is 2.90. The fraction of sp³-hybridized carbons (Fsp3) is 0.429. The van der Waals surface area contributed by atoms with Gasteiger partial charge in [-0.3, -0.25) is 9.59 Å². The van der Waals surface area contributed by atoms with E-state index in [4.69, 9.17) is 4.74 Å². The van der Waals surface area contributed by atoms with Crippen LogP contribution in [0.25, 0.3) is 0 Å². The van der Waals surface area contributed by atoms with Gasteiger partial charge in [-0.25, -0.2) is 0 Å². The smallest absolute Gasteiger partial charge is 0.251 e. The first-order chi connectivity index (χ1) is 19.1. The van der Waals surface area contributed by atoms with Gasteiger partial charge in [0.2, 0.25) is 5.91 Å². The second kappa shape index (κ2) is 12.8. The van der Waals surface area contributed by atoms with Gasteiger partial charge in [0.25, 0.3) is 5.91 Å². The van der Waals surface area contributed by atoms with Crippen molar-refractivity contribution >= 4 is 17.5 Å². The molecule has 0 saturated carbocycles. The van der Waals surface area contributed by atoms with E-state index in [0.717, 1.165) is 16.7 Å². The Kier molecular flexibility index (Phi) is 9.90. The number of anilines is 1. The number of aromatic hydroxyl groups is 1. The van der Waals surface area contributed by atoms with Crippen molar-refractivity contribution < 1.29 is 19.4 Å². The number of amides is 2. The van der Waals surface area contributed by atoms with Gasteiger partial charge >= 0.3 is 0 Å². The van der Waals surface area contributed by atoms with Crippen LogP contribution >= 0.6 is 0 Å². The van der Waals surface area contributed by atoms with Crippen LogP contribution in [-0.2, 0) is 26.8 Å². The molecule has 41 heavy (non-hydrogen) atoms. The molecular weight excluding hydrogens is 512 g/mol. The number of phenolic OH excluding ortho intramolecular Hbond substituents is 1. The van der Waals surface area contributed by atoms with Crippen LogP contribution in [0, 0.1) is 0 Å². The van der Waals surface area contributed by atoms with Gasteiger partial charge in [-0.15, -0.1) is 0 Å². The molecule has 0 aliphatic heterocycles. The Morgan fingerprint density at radius 2 is 1.34 bits per heavy atom. The Morgan fingerprint density at radius 3 is 1.80 bits per heavy atom. The van der Waals surface area contributed by atoms with E-state index in [1.807, 2.05) is 36.4 Å². The fourth-order valence-corrected chi connectivity index (χ4v) is 4.74. The lowest BCUT2D eigenvalue weighted by Gasteiger charge is -2.28. The number of aryl methyl sites for hydroxylation is 1. The van der Waals surface area contributed by atoms with Gasteiger partial charge in [-0.2, -0.15) is 0 Å². The van der Waals surface area contributed by atoms with Gasteiger partial charge in [0.1, 0.15) is 17.5 Å². The Morgan fingerprint density at radius 1 is 0.829 bits per heavy atom. The number of ether oxygens (including phenoxy) is 1. The molecule has 6 nitrogen and oxygen atoms in total. The monoisotopic (exact) mass is 558 g/mol. The third kappa shape index (κ3) is 8.35. The lowest BCUT2D eigenvalue weighted by molar-refractivity contribution is -0.126. The Balaban J connectivity index is 1.82. The summed E-state index contributed by atoms with van der Waals surface area (Å²) in [5, 5.41) is 16.9. The van der Waals surface area contributed by atoms with Gasteiger partial charge in [0, 0.05) is 12.1 Å². The summed E-state index contributed by atoms with van der Waals surface area (Å²) in [6, 6.07) is 18.0. The molecule has 3 rings (SSSR count). The molecule has 220 valence electrons. The van der Waals surface area contributed by atoms with E-state index in [2.05, 4.69) is 66.0 Å². The lowest BCUT2D eigenvalue weighted by atomic mass is 9.78. The van der Waals surface area contributed by atoms with Gasteiger partial charge in [-0.05, 0) is 75.3 Å². The maximum atomic E-state index is 13.5. The number of rotatable bonds is 9. The van der Waals surface area contributed by atoms with Crippen molar-refractivity contribution in [3.8, 4) is 11.5 Å². The molecule has 0 radical (unpaired) electrons. The normalized spacial score (nSPS) is 12.6. The van der Waals surface area contributed by atoms with Crippen LogP contribution in [0.1, 0.15) is 102 Å². The zero-order valence-electron chi connectivity index (χ0n) is 26.0. The average molecular weight is 559 g/mol. The van der Waals surface area contributed by atoms with Crippen molar-refractivity contribution in [2.24, 2.45) is 0 Å². The molecule has 1 atom stereocenters. The summed E-state index contributed by atoms with van der Waals surface area (Å²) in [6.45, 7) is 16.7. The highest BCUT2D eigenvalue weighted by atomic mass is 16.5. The van der Waals surface area contributed by atoms with E-state index in [-0.39, 0.29) is 29.1 Å². The zero-order valence-corrected chi connectivity index (χ0v) is 26.0. The van der Waals surface area contributed by atoms with Crippen LogP contribution in [0.2, 0.25) is 0 Å². The Bertz CT molecular complexity index is 1310. The summed E-state index contributed by atoms with van der Waals surface area (Å²) in [5.41, 5.74) is 4.69. The molecule has 3 aromatic carbocycles. The van der Waals surface area contributed by atoms with Crippen molar-refractivity contribution in [2.75, 3.05) is 12.4 Å². The van der Waals surface area contributed by atoms with Crippen molar-refractivity contribution in [3.63, 3.8) is 0 Å². The van der Waals surface area contributed by atoms with Crippen LogP contribution < -0.4 is 15.4 Å². The number of hydrogen-bond acceptors (Lipinski definition) is 4. The second-order valence-corrected chi connectivity index (χ2v) is 13.1. The molecule has 0 spiro atoms. The SMILES string of the molecule is COc1ccc(C(NC(=O)CCc2cc(C(C)(C)C)c(O)c(C(C)(C)C)c2)C(=O)Nc2ccc(C(C)C)cc2)cc1. The second-order valence-electron chi connectivity index (χ2n) is 13.1. The summed E-state index contributed by atoms with van der Waals surface area (Å²) in [5.74, 6) is 0.809. The molecule has 0 aliphatic carbocycles. The standard InChI is InChI=1S/C35H46N2O4/c1-22(2)24-11-15-26(16-12-24)36-33(40)31(25-13-17-27(41-9)18-14-25)37-30(38)19-10-23-20-28(34(3,4)5)32(39)29(21-23)35(6,7)8/h11-18,20-22,31,39H,10,19H2,1-9H3,(H,36,40)(H,37,38). The first-order valence-electron chi connectivity index (χ1n) is 14.3. The third-order valence-electron chi connectivity index (χ3n) is 7.29. The van der Waals surface area contributed by atoms with Crippen molar-refractivity contribution in [1.29, 1.82) is 0 Å². The van der Waals surface area contributed by atoms with Crippen molar-refractivity contribution in [1.82, 2.24) is 5.32 Å². The molecule has 0 fully saturated rings. The number of methoxy groups -OCH3 is 1. The van der Waals surface area contributed by atoms with E-state index >= 15 is 0 Å². The number of carbonyl (C=O) groups excluding carboxylic acids is 2. The zero-order chi connectivity index (χ0) is 30.5. The molecule has 3 N–H and O–H groups in total. The largest absolute Gasteiger partial charge is 0.507 e. The first kappa shape index (κ1) is 31.7. The van der Waals surface area contributed by atoms with Crippen LogP contribution in [-0.4, -0.2) is 24.0 Å². The molecular formula is C35H46N2O4. The quantitative estimate of drug-likeness (QED) is 0.253. The van der Waals surface area contributed by atoms with Gasteiger partial charge in [-0.1, -0.05) is 91.8 Å². The molecule has 3 aromatic rings. The highest BCUT2D eigenvalue weighted by molar-refractivity contribution is 5.98. The van der Waals surface area contributed by atoms with Crippen LogP contribution in [0.5, 0.6) is 11.5 Å². The van der Waals surface area contributed by atoms with E-state index in [1.165, 1.54) is 5.56 Å². The van der Waals surface area contributed by atoms with Gasteiger partial charge in [0.15, 0.2) is 0 Å². The molecule has 0 aromatic heterocycles. The first-order valence-corrected chi connectivity index (χ1v) is 14.3. The summed E-state index contributed by atoms with van der Waals surface area (Å²) < 4.78 is 5.27. The van der Waals surface area contributed by atoms with E-state index in [0.29, 0.717) is 35.1 Å². The van der Waals surface area contributed by atoms with E-state index < -0.39 is 6.04 Å². The predicted octanol–water partition coefficient (Wildman–Crippen LogP) is 7.55. The molecule has 0 heterocycles. The van der Waals surface area contributed by atoms with Crippen LogP contribution in [0.3, 0.4) is 0 Å². The number of hydrogen-bond donors (Lipinski definition) is 3. The van der Waals surface area contributed by atoms with E-state index in [9.17, 15) is 14.7 Å². The highest BCUT2D eigenvalue weighted by Crippen LogP contribution is 2.40. The molecule has 0 aliphatic rings. The highest BCUT2D eigenvalue weighted by Gasteiger charge is 2.27. The van der Waals surface area contributed by atoms with Crippen LogP contribution in [0.15, 0.2) is 60.7 Å². The fourth-order valence-electron chi connectivity index (χ4n) is 4.74. The Labute approximate surface area is 245 Å². The number of carbonyl (C=O) groups is 2. The predicted molar refractivity (Wildman–Crippen MR) is 167 cm³/mol. The minimum absolute atomic E-state index is 0.195. The van der Waals surface area contributed by atoms with Gasteiger partial charge in [0.05, 0.1) is 7.11 Å². The number of nitrogens with one attached hydrogen (secondary N) is 2. The Hall–Kier alpha value is -3.80. The molecule has 1 unspecified atom stereocenters. The molecule has 0 bridgehead atoms.